The number of rotatable bonds is 4. The second-order valence-corrected chi connectivity index (χ2v) is 5.94. The SMILES string of the molecule is CCc1nn(C)cc1NCc1cc(Br)cc2c1OCC2. The van der Waals surface area contributed by atoms with Gasteiger partial charge in [0.25, 0.3) is 0 Å². The summed E-state index contributed by atoms with van der Waals surface area (Å²) in [7, 11) is 1.95. The van der Waals surface area contributed by atoms with Gasteiger partial charge in [-0.25, -0.2) is 0 Å². The maximum absolute atomic E-state index is 5.75. The van der Waals surface area contributed by atoms with Crippen LogP contribution >= 0.6 is 15.9 Å². The van der Waals surface area contributed by atoms with Gasteiger partial charge in [0.2, 0.25) is 0 Å². The minimum Gasteiger partial charge on any atom is -0.493 e. The first kappa shape index (κ1) is 13.5. The summed E-state index contributed by atoms with van der Waals surface area (Å²) >= 11 is 3.57. The zero-order valence-corrected chi connectivity index (χ0v) is 13.3. The molecule has 1 aromatic carbocycles. The van der Waals surface area contributed by atoms with E-state index < -0.39 is 0 Å². The van der Waals surface area contributed by atoms with Gasteiger partial charge in [-0.15, -0.1) is 0 Å². The Morgan fingerprint density at radius 2 is 2.30 bits per heavy atom. The number of hydrogen-bond acceptors (Lipinski definition) is 3. The van der Waals surface area contributed by atoms with Gasteiger partial charge in [0.15, 0.2) is 0 Å². The van der Waals surface area contributed by atoms with Crippen LogP contribution < -0.4 is 10.1 Å². The number of hydrogen-bond donors (Lipinski definition) is 1. The fourth-order valence-corrected chi connectivity index (χ4v) is 3.16. The molecule has 0 unspecified atom stereocenters. The van der Waals surface area contributed by atoms with E-state index in [1.165, 1.54) is 11.1 Å². The normalized spacial score (nSPS) is 13.2. The molecular formula is C15H18BrN3O. The molecule has 2 aromatic rings. The zero-order chi connectivity index (χ0) is 14.1. The molecule has 0 atom stereocenters. The third-order valence-corrected chi connectivity index (χ3v) is 3.99. The van der Waals surface area contributed by atoms with Crippen molar-refractivity contribution in [2.24, 2.45) is 7.05 Å². The van der Waals surface area contributed by atoms with Gasteiger partial charge in [-0.2, -0.15) is 5.10 Å². The number of aromatic nitrogens is 2. The van der Waals surface area contributed by atoms with Crippen LogP contribution in [0.15, 0.2) is 22.8 Å². The van der Waals surface area contributed by atoms with Gasteiger partial charge in [-0.3, -0.25) is 4.68 Å². The van der Waals surface area contributed by atoms with Crippen molar-refractivity contribution in [3.05, 3.63) is 39.6 Å². The zero-order valence-electron chi connectivity index (χ0n) is 11.7. The number of anilines is 1. The van der Waals surface area contributed by atoms with Gasteiger partial charge < -0.3 is 10.1 Å². The van der Waals surface area contributed by atoms with E-state index in [1.54, 1.807) is 0 Å². The van der Waals surface area contributed by atoms with Crippen molar-refractivity contribution in [2.75, 3.05) is 11.9 Å². The summed E-state index contributed by atoms with van der Waals surface area (Å²) < 4.78 is 8.71. The van der Waals surface area contributed by atoms with Crippen molar-refractivity contribution in [3.8, 4) is 5.75 Å². The summed E-state index contributed by atoms with van der Waals surface area (Å²) in [6.07, 6.45) is 3.95. The molecule has 0 fully saturated rings. The quantitative estimate of drug-likeness (QED) is 0.931. The first-order chi connectivity index (χ1) is 9.67. The van der Waals surface area contributed by atoms with Crippen LogP contribution in [0.1, 0.15) is 23.7 Å². The van der Waals surface area contributed by atoms with Gasteiger partial charge in [-0.1, -0.05) is 22.9 Å². The van der Waals surface area contributed by atoms with E-state index in [-0.39, 0.29) is 0 Å². The van der Waals surface area contributed by atoms with Crippen LogP contribution in [0.25, 0.3) is 0 Å². The molecule has 5 heteroatoms. The van der Waals surface area contributed by atoms with E-state index in [0.717, 1.165) is 47.6 Å². The smallest absolute Gasteiger partial charge is 0.127 e. The van der Waals surface area contributed by atoms with E-state index in [0.29, 0.717) is 0 Å². The topological polar surface area (TPSA) is 39.1 Å². The second kappa shape index (κ2) is 5.48. The molecule has 0 amide bonds. The Bertz CT molecular complexity index is 636. The number of ether oxygens (including phenoxy) is 1. The highest BCUT2D eigenvalue weighted by Crippen LogP contribution is 2.33. The van der Waals surface area contributed by atoms with Crippen molar-refractivity contribution in [2.45, 2.75) is 26.3 Å². The van der Waals surface area contributed by atoms with Gasteiger partial charge in [-0.05, 0) is 24.1 Å². The second-order valence-electron chi connectivity index (χ2n) is 5.02. The molecule has 0 radical (unpaired) electrons. The van der Waals surface area contributed by atoms with Crippen molar-refractivity contribution in [1.82, 2.24) is 9.78 Å². The third-order valence-electron chi connectivity index (χ3n) is 3.53. The van der Waals surface area contributed by atoms with Crippen LogP contribution in [0.4, 0.5) is 5.69 Å². The lowest BCUT2D eigenvalue weighted by atomic mass is 10.1. The van der Waals surface area contributed by atoms with E-state index in [1.807, 2.05) is 17.9 Å². The van der Waals surface area contributed by atoms with Crippen molar-refractivity contribution < 1.29 is 4.74 Å². The molecule has 1 aliphatic heterocycles. The molecule has 0 saturated carbocycles. The van der Waals surface area contributed by atoms with Crippen LogP contribution in [-0.2, 0) is 26.4 Å². The number of fused-ring (bicyclic) bond motifs is 1. The average molecular weight is 336 g/mol. The Morgan fingerprint density at radius 3 is 3.10 bits per heavy atom. The lowest BCUT2D eigenvalue weighted by Gasteiger charge is -2.11. The average Bonchev–Trinajstić information content (AvgIpc) is 3.01. The fraction of sp³-hybridized carbons (Fsp3) is 0.400. The number of nitrogens with one attached hydrogen (secondary N) is 1. The number of aryl methyl sites for hydroxylation is 2. The van der Waals surface area contributed by atoms with Crippen LogP contribution in [0.3, 0.4) is 0 Å². The molecule has 3 rings (SSSR count). The van der Waals surface area contributed by atoms with E-state index in [9.17, 15) is 0 Å². The first-order valence-corrected chi connectivity index (χ1v) is 7.67. The monoisotopic (exact) mass is 335 g/mol. The Morgan fingerprint density at radius 1 is 1.45 bits per heavy atom. The van der Waals surface area contributed by atoms with Crippen LogP contribution in [0.2, 0.25) is 0 Å². The Balaban J connectivity index is 1.82. The fourth-order valence-electron chi connectivity index (χ4n) is 2.61. The molecule has 0 spiro atoms. The predicted molar refractivity (Wildman–Crippen MR) is 83.3 cm³/mol. The summed E-state index contributed by atoms with van der Waals surface area (Å²) in [4.78, 5) is 0. The Labute approximate surface area is 127 Å². The molecule has 0 saturated heterocycles. The predicted octanol–water partition coefficient (Wildman–Crippen LogP) is 3.29. The Hall–Kier alpha value is -1.49. The molecule has 20 heavy (non-hydrogen) atoms. The van der Waals surface area contributed by atoms with Crippen LogP contribution in [-0.4, -0.2) is 16.4 Å². The minimum atomic E-state index is 0.750. The molecule has 106 valence electrons. The van der Waals surface area contributed by atoms with E-state index >= 15 is 0 Å². The van der Waals surface area contributed by atoms with Gasteiger partial charge in [0.05, 0.1) is 18.0 Å². The lowest BCUT2D eigenvalue weighted by Crippen LogP contribution is -2.03. The highest BCUT2D eigenvalue weighted by Gasteiger charge is 2.17. The van der Waals surface area contributed by atoms with Crippen LogP contribution in [0.5, 0.6) is 5.75 Å². The molecule has 0 bridgehead atoms. The van der Waals surface area contributed by atoms with Crippen LogP contribution in [0, 0.1) is 0 Å². The Kier molecular flexibility index (Phi) is 3.70. The van der Waals surface area contributed by atoms with Crippen molar-refractivity contribution in [3.63, 3.8) is 0 Å². The van der Waals surface area contributed by atoms with Gasteiger partial charge in [0, 0.05) is 36.2 Å². The molecule has 1 N–H and O–H groups in total. The van der Waals surface area contributed by atoms with E-state index in [4.69, 9.17) is 4.74 Å². The summed E-state index contributed by atoms with van der Waals surface area (Å²) in [6.45, 7) is 3.65. The maximum Gasteiger partial charge on any atom is 0.127 e. The lowest BCUT2D eigenvalue weighted by molar-refractivity contribution is 0.354. The molecule has 0 aliphatic carbocycles. The number of benzene rings is 1. The van der Waals surface area contributed by atoms with Crippen molar-refractivity contribution in [1.29, 1.82) is 0 Å². The molecular weight excluding hydrogens is 318 g/mol. The van der Waals surface area contributed by atoms with Crippen molar-refractivity contribution >= 4 is 21.6 Å². The summed E-state index contributed by atoms with van der Waals surface area (Å²) in [5, 5.41) is 7.92. The van der Waals surface area contributed by atoms with Gasteiger partial charge >= 0.3 is 0 Å². The standard InChI is InChI=1S/C15H18BrN3O/c1-3-13-14(9-19(2)18-13)17-8-11-7-12(16)6-10-4-5-20-15(10)11/h6-7,9,17H,3-5,8H2,1-2H3. The highest BCUT2D eigenvalue weighted by atomic mass is 79.9. The third kappa shape index (κ3) is 2.54. The maximum atomic E-state index is 5.75. The largest absolute Gasteiger partial charge is 0.493 e. The first-order valence-electron chi connectivity index (χ1n) is 6.88. The minimum absolute atomic E-state index is 0.750. The molecule has 1 aromatic heterocycles. The summed E-state index contributed by atoms with van der Waals surface area (Å²) in [5.41, 5.74) is 4.68. The van der Waals surface area contributed by atoms with Gasteiger partial charge in [0.1, 0.15) is 5.75 Å². The summed E-state index contributed by atoms with van der Waals surface area (Å²) in [6, 6.07) is 4.27. The highest BCUT2D eigenvalue weighted by molar-refractivity contribution is 9.10. The molecule has 1 aliphatic rings. The molecule has 4 nitrogen and oxygen atoms in total. The number of halogens is 1. The molecule has 2 heterocycles. The summed E-state index contributed by atoms with van der Waals surface area (Å²) in [5.74, 6) is 1.04. The van der Waals surface area contributed by atoms with E-state index in [2.05, 4.69) is 45.4 Å². The number of nitrogens with zero attached hydrogens (tertiary/aromatic N) is 2.